The van der Waals surface area contributed by atoms with E-state index in [1.807, 2.05) is 91.0 Å². The molecule has 0 spiro atoms. The van der Waals surface area contributed by atoms with Crippen LogP contribution in [0.1, 0.15) is 33.4 Å². The lowest BCUT2D eigenvalue weighted by Crippen LogP contribution is -2.04. The van der Waals surface area contributed by atoms with Crippen LogP contribution in [0.5, 0.6) is 0 Å². The van der Waals surface area contributed by atoms with E-state index in [0.717, 1.165) is 76.5 Å². The molecule has 50 heavy (non-hydrogen) atoms. The van der Waals surface area contributed by atoms with Crippen LogP contribution in [0.15, 0.2) is 212 Å². The molecule has 0 heterocycles. The summed E-state index contributed by atoms with van der Waals surface area (Å²) >= 11 is 7.33. The first-order valence-electron chi connectivity index (χ1n) is 16.2. The lowest BCUT2D eigenvalue weighted by molar-refractivity contribution is 1.42. The first-order chi connectivity index (χ1) is 24.6. The van der Waals surface area contributed by atoms with Gasteiger partial charge in [0.05, 0.1) is 34.2 Å². The minimum atomic E-state index is 0.824. The van der Waals surface area contributed by atoms with Gasteiger partial charge in [0, 0.05) is 42.3 Å². The predicted molar refractivity (Wildman–Crippen MR) is 216 cm³/mol. The zero-order valence-corrected chi connectivity index (χ0v) is 30.2. The molecule has 0 radical (unpaired) electrons. The highest BCUT2D eigenvalue weighted by atomic mass is 79.9. The first kappa shape index (κ1) is 33.0. The fourth-order valence-corrected chi connectivity index (χ4v) is 6.29. The third-order valence-electron chi connectivity index (χ3n) is 8.09. The van der Waals surface area contributed by atoms with E-state index in [1.165, 1.54) is 0 Å². The van der Waals surface area contributed by atoms with Gasteiger partial charge in [0.1, 0.15) is 0 Å². The summed E-state index contributed by atoms with van der Waals surface area (Å²) in [7, 11) is 0. The minimum absolute atomic E-state index is 0.824. The Morgan fingerprint density at radius 2 is 0.640 bits per heavy atom. The van der Waals surface area contributed by atoms with Crippen LogP contribution in [-0.2, 0) is 0 Å². The van der Waals surface area contributed by atoms with Crippen molar-refractivity contribution in [2.45, 2.75) is 0 Å². The molecule has 7 aromatic rings. The van der Waals surface area contributed by atoms with E-state index in [4.69, 9.17) is 15.0 Å². The molecule has 5 heteroatoms. The van der Waals surface area contributed by atoms with E-state index in [2.05, 4.69) is 129 Å². The maximum atomic E-state index is 5.20. The zero-order valence-electron chi connectivity index (χ0n) is 27.0. The van der Waals surface area contributed by atoms with Gasteiger partial charge in [-0.05, 0) is 58.4 Å². The Labute approximate surface area is 309 Å². The summed E-state index contributed by atoms with van der Waals surface area (Å²) in [6.45, 7) is 0. The molecule has 0 N–H and O–H groups in total. The van der Waals surface area contributed by atoms with Crippen molar-refractivity contribution in [1.29, 1.82) is 0 Å². The lowest BCUT2D eigenvalue weighted by Gasteiger charge is -2.12. The van der Waals surface area contributed by atoms with Gasteiger partial charge in [-0.25, -0.2) is 15.0 Å². The molecule has 0 aliphatic carbocycles. The fraction of sp³-hybridized carbons (Fsp3) is 0. The topological polar surface area (TPSA) is 37.1 Å². The van der Waals surface area contributed by atoms with Gasteiger partial charge in [0.15, 0.2) is 0 Å². The summed E-state index contributed by atoms with van der Waals surface area (Å²) in [6.07, 6.45) is 0. The summed E-state index contributed by atoms with van der Waals surface area (Å²) in [4.78, 5) is 15.4. The Bertz CT molecular complexity index is 2060. The molecule has 0 aliphatic rings. The number of rotatable bonds is 9. The average molecular weight is 774 g/mol. The Morgan fingerprint density at radius 3 is 1.00 bits per heavy atom. The van der Waals surface area contributed by atoms with E-state index in [9.17, 15) is 0 Å². The van der Waals surface area contributed by atoms with E-state index in [1.54, 1.807) is 0 Å². The second kappa shape index (κ2) is 15.8. The van der Waals surface area contributed by atoms with Crippen molar-refractivity contribution in [2.75, 3.05) is 0 Å². The maximum Gasteiger partial charge on any atom is 0.0790 e. The van der Waals surface area contributed by atoms with Gasteiger partial charge in [-0.15, -0.1) is 0 Å². The highest BCUT2D eigenvalue weighted by molar-refractivity contribution is 9.11. The van der Waals surface area contributed by atoms with Gasteiger partial charge in [-0.1, -0.05) is 162 Å². The summed E-state index contributed by atoms with van der Waals surface area (Å²) in [5, 5.41) is 0. The molecule has 0 atom stereocenters. The van der Waals surface area contributed by atoms with Crippen LogP contribution < -0.4 is 0 Å². The van der Waals surface area contributed by atoms with Crippen molar-refractivity contribution in [3.05, 3.63) is 230 Å². The van der Waals surface area contributed by atoms with Crippen LogP contribution in [0.2, 0.25) is 0 Å². The normalized spacial score (nSPS) is 10.6. The summed E-state index contributed by atoms with van der Waals surface area (Å²) < 4.78 is 1.86. The molecular formula is C45H31Br2N3. The smallest absolute Gasteiger partial charge is 0.0790 e. The largest absolute Gasteiger partial charge is 0.248 e. The highest BCUT2D eigenvalue weighted by Gasteiger charge is 2.13. The summed E-state index contributed by atoms with van der Waals surface area (Å²) in [5.41, 5.74) is 11.4. The third-order valence-corrected chi connectivity index (χ3v) is 9.26. The van der Waals surface area contributed by atoms with Gasteiger partial charge in [0.2, 0.25) is 0 Å². The molecule has 240 valence electrons. The molecule has 0 fully saturated rings. The van der Waals surface area contributed by atoms with Crippen molar-refractivity contribution in [2.24, 2.45) is 15.0 Å². The number of benzene rings is 7. The van der Waals surface area contributed by atoms with Gasteiger partial charge < -0.3 is 0 Å². The molecule has 7 rings (SSSR count). The molecule has 3 nitrogen and oxygen atoms in total. The van der Waals surface area contributed by atoms with Crippen molar-refractivity contribution in [3.63, 3.8) is 0 Å². The van der Waals surface area contributed by atoms with Crippen LogP contribution in [0.3, 0.4) is 0 Å². The molecule has 0 aromatic heterocycles. The number of hydrogen-bond donors (Lipinski definition) is 0. The number of aliphatic imine (C=N–C) groups is 3. The lowest BCUT2D eigenvalue weighted by atomic mass is 10.00. The standard InChI is InChI=1S/C45H31Br2N3/c46-38-25-30-41(47)42(31-38)50-45(36-21-26-39(27-22-36)48-43(32-13-5-1-6-14-32)33-15-7-2-8-16-33)37-23-28-40(29-24-37)49-44(34-17-9-3-10-18-34)35-19-11-4-12-20-35/h1-31H. The quantitative estimate of drug-likeness (QED) is 0.131. The second-order valence-corrected chi connectivity index (χ2v) is 13.3. The Kier molecular flexibility index (Phi) is 10.4. The molecule has 0 bridgehead atoms. The minimum Gasteiger partial charge on any atom is -0.248 e. The van der Waals surface area contributed by atoms with Gasteiger partial charge in [-0.3, -0.25) is 0 Å². The van der Waals surface area contributed by atoms with E-state index in [0.29, 0.717) is 0 Å². The predicted octanol–water partition coefficient (Wildman–Crippen LogP) is 12.7. The van der Waals surface area contributed by atoms with Crippen LogP contribution in [-0.4, -0.2) is 17.1 Å². The maximum absolute atomic E-state index is 5.20. The second-order valence-electron chi connectivity index (χ2n) is 11.5. The molecule has 0 unspecified atom stereocenters. The van der Waals surface area contributed by atoms with E-state index < -0.39 is 0 Å². The molecule has 0 saturated carbocycles. The van der Waals surface area contributed by atoms with Gasteiger partial charge in [-0.2, -0.15) is 0 Å². The molecular weight excluding hydrogens is 742 g/mol. The Balaban J connectivity index is 1.28. The first-order valence-corrected chi connectivity index (χ1v) is 17.8. The number of halogens is 2. The molecule has 7 aromatic carbocycles. The van der Waals surface area contributed by atoms with Crippen molar-refractivity contribution in [1.82, 2.24) is 0 Å². The third kappa shape index (κ3) is 8.03. The summed E-state index contributed by atoms with van der Waals surface area (Å²) in [5.74, 6) is 0. The Hall–Kier alpha value is -5.49. The average Bonchev–Trinajstić information content (AvgIpc) is 3.18. The van der Waals surface area contributed by atoms with Crippen molar-refractivity contribution >= 4 is 66.1 Å². The molecule has 0 amide bonds. The van der Waals surface area contributed by atoms with Crippen LogP contribution in [0.4, 0.5) is 17.1 Å². The van der Waals surface area contributed by atoms with Crippen LogP contribution >= 0.6 is 31.9 Å². The SMILES string of the molecule is Brc1ccc(Br)c(N=C(c2ccc(N=C(c3ccccc3)c3ccccc3)cc2)c2ccc(N=C(c3ccccc3)c3ccccc3)cc2)c1. The number of nitrogens with zero attached hydrogens (tertiary/aromatic N) is 3. The van der Waals surface area contributed by atoms with Crippen molar-refractivity contribution < 1.29 is 0 Å². The highest BCUT2D eigenvalue weighted by Crippen LogP contribution is 2.31. The molecule has 0 saturated heterocycles. The van der Waals surface area contributed by atoms with Crippen LogP contribution in [0.25, 0.3) is 0 Å². The monoisotopic (exact) mass is 771 g/mol. The van der Waals surface area contributed by atoms with Gasteiger partial charge >= 0.3 is 0 Å². The fourth-order valence-electron chi connectivity index (χ4n) is 5.61. The molecule has 0 aliphatic heterocycles. The van der Waals surface area contributed by atoms with Gasteiger partial charge in [0.25, 0.3) is 0 Å². The Morgan fingerprint density at radius 1 is 0.320 bits per heavy atom. The zero-order chi connectivity index (χ0) is 34.1. The number of hydrogen-bond acceptors (Lipinski definition) is 3. The van der Waals surface area contributed by atoms with E-state index in [-0.39, 0.29) is 0 Å². The summed E-state index contributed by atoms with van der Waals surface area (Å²) in [6, 6.07) is 63.8. The van der Waals surface area contributed by atoms with E-state index >= 15 is 0 Å². The van der Waals surface area contributed by atoms with Crippen LogP contribution in [0, 0.1) is 0 Å². The van der Waals surface area contributed by atoms with Crippen molar-refractivity contribution in [3.8, 4) is 0 Å².